The maximum absolute atomic E-state index is 11.6. The van der Waals surface area contributed by atoms with Crippen molar-refractivity contribution in [2.75, 3.05) is 0 Å². The molecule has 1 unspecified atom stereocenters. The predicted molar refractivity (Wildman–Crippen MR) is 51.0 cm³/mol. The summed E-state index contributed by atoms with van der Waals surface area (Å²) in [6.45, 7) is 0. The van der Waals surface area contributed by atoms with Crippen LogP contribution < -0.4 is 5.73 Å². The van der Waals surface area contributed by atoms with Gasteiger partial charge < -0.3 is 15.9 Å². The molecular weight excluding hydrogens is 198 g/mol. The molecule has 0 spiro atoms. The fourth-order valence-corrected chi connectivity index (χ4v) is 1.69. The van der Waals surface area contributed by atoms with E-state index >= 15 is 0 Å². The molecule has 0 fully saturated rings. The van der Waals surface area contributed by atoms with Gasteiger partial charge in [-0.25, -0.2) is 0 Å². The molecule has 2 rings (SSSR count). The number of hydrogen-bond acceptors (Lipinski definition) is 5. The average Bonchev–Trinajstić information content (AvgIpc) is 2.18. The van der Waals surface area contributed by atoms with Crippen LogP contribution in [0.1, 0.15) is 27.1 Å². The summed E-state index contributed by atoms with van der Waals surface area (Å²) in [6, 6.07) is 1.41. The summed E-state index contributed by atoms with van der Waals surface area (Å²) in [5, 5.41) is 18.9. The van der Waals surface area contributed by atoms with Crippen molar-refractivity contribution in [3.8, 4) is 11.5 Å². The van der Waals surface area contributed by atoms with Crippen molar-refractivity contribution in [3.05, 3.63) is 23.3 Å². The minimum atomic E-state index is -0.933. The van der Waals surface area contributed by atoms with Gasteiger partial charge in [0.15, 0.2) is 11.6 Å². The molecule has 1 aliphatic rings. The first-order valence-electron chi connectivity index (χ1n) is 4.40. The Labute approximate surface area is 85.1 Å². The van der Waals surface area contributed by atoms with Gasteiger partial charge in [0, 0.05) is 6.42 Å². The van der Waals surface area contributed by atoms with Gasteiger partial charge in [0.1, 0.15) is 11.5 Å². The van der Waals surface area contributed by atoms with E-state index in [1.54, 1.807) is 0 Å². The highest BCUT2D eigenvalue weighted by Gasteiger charge is 2.34. The van der Waals surface area contributed by atoms with Gasteiger partial charge in [-0.1, -0.05) is 0 Å². The van der Waals surface area contributed by atoms with Crippen LogP contribution in [0.15, 0.2) is 12.1 Å². The molecule has 0 saturated carbocycles. The molecule has 0 heterocycles. The molecule has 0 amide bonds. The molecule has 1 atom stereocenters. The lowest BCUT2D eigenvalue weighted by molar-refractivity contribution is 0.0863. The minimum Gasteiger partial charge on any atom is -0.507 e. The predicted octanol–water partition coefficient (Wildman–Crippen LogP) is 0.194. The monoisotopic (exact) mass is 207 g/mol. The molecule has 1 aliphatic carbocycles. The summed E-state index contributed by atoms with van der Waals surface area (Å²) in [6.07, 6.45) is -0.136. The van der Waals surface area contributed by atoms with Crippen molar-refractivity contribution >= 4 is 11.6 Å². The van der Waals surface area contributed by atoms with Gasteiger partial charge in [-0.3, -0.25) is 9.59 Å². The number of carbonyl (C=O) groups excluding carboxylic acids is 2. The highest BCUT2D eigenvalue weighted by molar-refractivity contribution is 6.18. The molecule has 0 saturated heterocycles. The molecule has 0 radical (unpaired) electrons. The van der Waals surface area contributed by atoms with Gasteiger partial charge in [0.25, 0.3) is 0 Å². The normalized spacial score (nSPS) is 20.2. The van der Waals surface area contributed by atoms with Gasteiger partial charge in [-0.05, 0) is 12.1 Å². The van der Waals surface area contributed by atoms with Crippen LogP contribution in [0.5, 0.6) is 11.5 Å². The van der Waals surface area contributed by atoms with Gasteiger partial charge in [0.2, 0.25) is 0 Å². The van der Waals surface area contributed by atoms with Crippen molar-refractivity contribution in [3.63, 3.8) is 0 Å². The van der Waals surface area contributed by atoms with E-state index in [9.17, 15) is 19.8 Å². The van der Waals surface area contributed by atoms with E-state index in [1.807, 2.05) is 0 Å². The number of carbonyl (C=O) groups is 2. The molecular formula is C10H9NO4. The number of ketones is 2. The van der Waals surface area contributed by atoms with Crippen LogP contribution in [0, 0.1) is 0 Å². The summed E-state index contributed by atoms with van der Waals surface area (Å²) in [5.74, 6) is -1.56. The second-order valence-electron chi connectivity index (χ2n) is 3.45. The number of phenols is 2. The van der Waals surface area contributed by atoms with Crippen LogP contribution in [0.3, 0.4) is 0 Å². The molecule has 0 aromatic heterocycles. The van der Waals surface area contributed by atoms with E-state index in [-0.39, 0.29) is 29.0 Å². The number of aromatic hydroxyl groups is 2. The van der Waals surface area contributed by atoms with Gasteiger partial charge in [-0.2, -0.15) is 0 Å². The van der Waals surface area contributed by atoms with E-state index < -0.39 is 17.6 Å². The Bertz CT molecular complexity index is 467. The fraction of sp³-hybridized carbons (Fsp3) is 0.200. The number of phenolic OH excluding ortho intramolecular Hbond substituents is 2. The van der Waals surface area contributed by atoms with E-state index in [4.69, 9.17) is 5.73 Å². The molecule has 0 aliphatic heterocycles. The number of fused-ring (bicyclic) bond motifs is 1. The van der Waals surface area contributed by atoms with Crippen LogP contribution in [0.2, 0.25) is 0 Å². The molecule has 1 aromatic carbocycles. The fourth-order valence-electron chi connectivity index (χ4n) is 1.69. The SMILES string of the molecule is NC1CC(=O)c2c(O)ccc(O)c2C1=O. The van der Waals surface area contributed by atoms with Crippen molar-refractivity contribution in [2.45, 2.75) is 12.5 Å². The van der Waals surface area contributed by atoms with Crippen molar-refractivity contribution in [1.82, 2.24) is 0 Å². The lowest BCUT2D eigenvalue weighted by Crippen LogP contribution is -2.38. The third-order valence-corrected chi connectivity index (χ3v) is 2.43. The number of rotatable bonds is 0. The third-order valence-electron chi connectivity index (χ3n) is 2.43. The Morgan fingerprint density at radius 2 is 1.67 bits per heavy atom. The topological polar surface area (TPSA) is 101 Å². The van der Waals surface area contributed by atoms with Crippen LogP contribution in [0.25, 0.3) is 0 Å². The first kappa shape index (κ1) is 9.67. The Hall–Kier alpha value is -1.88. The van der Waals surface area contributed by atoms with Crippen molar-refractivity contribution in [1.29, 1.82) is 0 Å². The number of benzene rings is 1. The smallest absolute Gasteiger partial charge is 0.184 e. The molecule has 15 heavy (non-hydrogen) atoms. The Morgan fingerprint density at radius 3 is 2.27 bits per heavy atom. The Morgan fingerprint density at radius 1 is 1.13 bits per heavy atom. The third kappa shape index (κ3) is 1.28. The zero-order valence-corrected chi connectivity index (χ0v) is 7.73. The van der Waals surface area contributed by atoms with Crippen molar-refractivity contribution in [2.24, 2.45) is 5.73 Å². The number of nitrogens with two attached hydrogens (primary N) is 1. The Balaban J connectivity index is 2.75. The molecule has 4 N–H and O–H groups in total. The molecule has 5 heteroatoms. The molecule has 78 valence electrons. The first-order valence-corrected chi connectivity index (χ1v) is 4.40. The maximum atomic E-state index is 11.6. The quantitative estimate of drug-likeness (QED) is 0.527. The standard InChI is InChI=1S/C10H9NO4/c11-4-3-7(14)8-5(12)1-2-6(13)9(8)10(4)15/h1-2,4,12-13H,3,11H2. The minimum absolute atomic E-state index is 0.123. The highest BCUT2D eigenvalue weighted by Crippen LogP contribution is 2.34. The van der Waals surface area contributed by atoms with Crippen LogP contribution in [0.4, 0.5) is 0 Å². The van der Waals surface area contributed by atoms with Crippen LogP contribution >= 0.6 is 0 Å². The second kappa shape index (κ2) is 3.06. The van der Waals surface area contributed by atoms with Crippen LogP contribution in [-0.2, 0) is 0 Å². The largest absolute Gasteiger partial charge is 0.507 e. The lowest BCUT2D eigenvalue weighted by Gasteiger charge is -2.20. The van der Waals surface area contributed by atoms with E-state index in [1.165, 1.54) is 6.07 Å². The summed E-state index contributed by atoms with van der Waals surface area (Å²) in [5.41, 5.74) is 5.15. The highest BCUT2D eigenvalue weighted by atomic mass is 16.3. The van der Waals surface area contributed by atoms with Gasteiger partial charge >= 0.3 is 0 Å². The number of Topliss-reactive ketones (excluding diaryl/α,β-unsaturated/α-hetero) is 2. The Kier molecular flexibility index (Phi) is 1.97. The molecule has 1 aromatic rings. The summed E-state index contributed by atoms with van der Waals surface area (Å²) < 4.78 is 0. The molecule has 0 bridgehead atoms. The van der Waals surface area contributed by atoms with Crippen LogP contribution in [-0.4, -0.2) is 27.8 Å². The van der Waals surface area contributed by atoms with E-state index in [0.717, 1.165) is 6.07 Å². The second-order valence-corrected chi connectivity index (χ2v) is 3.45. The summed E-state index contributed by atoms with van der Waals surface area (Å²) >= 11 is 0. The van der Waals surface area contributed by atoms with Crippen molar-refractivity contribution < 1.29 is 19.8 Å². The number of hydrogen-bond donors (Lipinski definition) is 3. The zero-order valence-electron chi connectivity index (χ0n) is 7.73. The zero-order chi connectivity index (χ0) is 11.2. The van der Waals surface area contributed by atoms with E-state index in [0.29, 0.717) is 0 Å². The first-order chi connectivity index (χ1) is 7.02. The lowest BCUT2D eigenvalue weighted by atomic mass is 9.85. The summed E-state index contributed by atoms with van der Waals surface area (Å²) in [7, 11) is 0. The van der Waals surface area contributed by atoms with E-state index in [2.05, 4.69) is 0 Å². The average molecular weight is 207 g/mol. The van der Waals surface area contributed by atoms with Gasteiger partial charge in [-0.15, -0.1) is 0 Å². The van der Waals surface area contributed by atoms with Gasteiger partial charge in [0.05, 0.1) is 17.2 Å². The summed E-state index contributed by atoms with van der Waals surface area (Å²) in [4.78, 5) is 23.1. The maximum Gasteiger partial charge on any atom is 0.184 e. The molecule has 5 nitrogen and oxygen atoms in total.